The third kappa shape index (κ3) is 5.65. The fraction of sp³-hybridized carbons (Fsp3) is 0.833. The molecular weight excluding hydrogens is 256 g/mol. The molecular formula is C12H22O7. The van der Waals surface area contributed by atoms with Crippen molar-refractivity contribution in [2.45, 2.75) is 51.1 Å². The molecule has 0 amide bonds. The van der Waals surface area contributed by atoms with E-state index in [-0.39, 0.29) is 6.29 Å². The zero-order valence-electron chi connectivity index (χ0n) is 11.1. The van der Waals surface area contributed by atoms with Crippen molar-refractivity contribution in [3.05, 3.63) is 0 Å². The van der Waals surface area contributed by atoms with Crippen molar-refractivity contribution in [1.29, 1.82) is 0 Å². The molecule has 0 aromatic heterocycles. The Labute approximate surface area is 111 Å². The van der Waals surface area contributed by atoms with Crippen LogP contribution in [0.2, 0.25) is 0 Å². The van der Waals surface area contributed by atoms with Crippen LogP contribution in [0, 0.1) is 5.92 Å². The van der Waals surface area contributed by atoms with Crippen LogP contribution >= 0.6 is 0 Å². The van der Waals surface area contributed by atoms with E-state index in [0.29, 0.717) is 6.42 Å². The molecule has 0 bridgehead atoms. The number of ether oxygens (including phenoxy) is 1. The molecule has 5 atom stereocenters. The zero-order valence-corrected chi connectivity index (χ0v) is 11.1. The van der Waals surface area contributed by atoms with Crippen LogP contribution in [0.1, 0.15) is 26.7 Å². The number of rotatable bonds is 9. The third-order valence-electron chi connectivity index (χ3n) is 2.77. The number of hydrogen-bond acceptors (Lipinski definition) is 7. The lowest BCUT2D eigenvalue weighted by Gasteiger charge is -2.28. The highest BCUT2D eigenvalue weighted by molar-refractivity contribution is 5.72. The Bertz CT molecular complexity index is 281. The molecule has 0 aliphatic heterocycles. The Kier molecular flexibility index (Phi) is 8.49. The van der Waals surface area contributed by atoms with Crippen molar-refractivity contribution in [2.75, 3.05) is 6.61 Å². The molecule has 19 heavy (non-hydrogen) atoms. The van der Waals surface area contributed by atoms with E-state index >= 15 is 0 Å². The van der Waals surface area contributed by atoms with Gasteiger partial charge in [0.2, 0.25) is 0 Å². The SMILES string of the molecule is CCCC(C)C(=O)O[C@@H]([C@H](O)[C@H](O)CO)[C@@H](O)C=O. The van der Waals surface area contributed by atoms with Crippen LogP contribution in [-0.4, -0.2) is 63.7 Å². The van der Waals surface area contributed by atoms with Crippen LogP contribution in [0.4, 0.5) is 0 Å². The fourth-order valence-electron chi connectivity index (χ4n) is 1.55. The normalized spacial score (nSPS) is 19.1. The molecule has 7 heteroatoms. The maximum Gasteiger partial charge on any atom is 0.309 e. The number of carbonyl (C=O) groups is 2. The molecule has 0 aliphatic rings. The van der Waals surface area contributed by atoms with Crippen LogP contribution in [0.15, 0.2) is 0 Å². The van der Waals surface area contributed by atoms with Gasteiger partial charge in [-0.3, -0.25) is 4.79 Å². The predicted molar refractivity (Wildman–Crippen MR) is 65.1 cm³/mol. The van der Waals surface area contributed by atoms with Gasteiger partial charge in [-0.2, -0.15) is 0 Å². The van der Waals surface area contributed by atoms with Gasteiger partial charge >= 0.3 is 5.97 Å². The van der Waals surface area contributed by atoms with E-state index in [2.05, 4.69) is 0 Å². The predicted octanol–water partition coefficient (Wildman–Crippen LogP) is -1.39. The minimum absolute atomic E-state index is 0.0930. The highest BCUT2D eigenvalue weighted by Crippen LogP contribution is 2.14. The van der Waals surface area contributed by atoms with E-state index in [1.807, 2.05) is 6.92 Å². The van der Waals surface area contributed by atoms with Crippen molar-refractivity contribution in [1.82, 2.24) is 0 Å². The van der Waals surface area contributed by atoms with Gasteiger partial charge < -0.3 is 30.0 Å². The largest absolute Gasteiger partial charge is 0.456 e. The summed E-state index contributed by atoms with van der Waals surface area (Å²) in [5.41, 5.74) is 0. The molecule has 0 saturated heterocycles. The first kappa shape index (κ1) is 18.0. The van der Waals surface area contributed by atoms with E-state index in [1.54, 1.807) is 6.92 Å². The number of aliphatic hydroxyl groups is 4. The van der Waals surface area contributed by atoms with Crippen LogP contribution < -0.4 is 0 Å². The van der Waals surface area contributed by atoms with Crippen molar-refractivity contribution >= 4 is 12.3 Å². The first-order chi connectivity index (χ1) is 8.88. The minimum atomic E-state index is -1.77. The third-order valence-corrected chi connectivity index (χ3v) is 2.77. The van der Waals surface area contributed by atoms with Crippen molar-refractivity contribution < 1.29 is 34.8 Å². The summed E-state index contributed by atoms with van der Waals surface area (Å²) in [7, 11) is 0. The van der Waals surface area contributed by atoms with Crippen LogP contribution in [-0.2, 0) is 14.3 Å². The lowest BCUT2D eigenvalue weighted by Crippen LogP contribution is -2.49. The minimum Gasteiger partial charge on any atom is -0.456 e. The molecule has 0 heterocycles. The van der Waals surface area contributed by atoms with Crippen molar-refractivity contribution in [2.24, 2.45) is 5.92 Å². The Balaban J connectivity index is 4.77. The smallest absolute Gasteiger partial charge is 0.309 e. The topological polar surface area (TPSA) is 124 Å². The maximum absolute atomic E-state index is 11.7. The molecule has 0 spiro atoms. The van der Waals surface area contributed by atoms with Gasteiger partial charge in [0.15, 0.2) is 12.4 Å². The molecule has 0 radical (unpaired) electrons. The van der Waals surface area contributed by atoms with Crippen LogP contribution in [0.3, 0.4) is 0 Å². The molecule has 7 nitrogen and oxygen atoms in total. The van der Waals surface area contributed by atoms with Gasteiger partial charge in [0.05, 0.1) is 12.5 Å². The Morgan fingerprint density at radius 2 is 1.89 bits per heavy atom. The molecule has 0 saturated carbocycles. The molecule has 0 aromatic carbocycles. The Morgan fingerprint density at radius 1 is 1.32 bits per heavy atom. The summed E-state index contributed by atoms with van der Waals surface area (Å²) in [5.74, 6) is -1.14. The van der Waals surface area contributed by atoms with Crippen molar-refractivity contribution in [3.8, 4) is 0 Å². The number of esters is 1. The van der Waals surface area contributed by atoms with Gasteiger partial charge in [0.1, 0.15) is 18.3 Å². The van der Waals surface area contributed by atoms with Gasteiger partial charge in [-0.15, -0.1) is 0 Å². The van der Waals surface area contributed by atoms with E-state index in [1.165, 1.54) is 0 Å². The molecule has 1 unspecified atom stereocenters. The monoisotopic (exact) mass is 278 g/mol. The van der Waals surface area contributed by atoms with E-state index in [4.69, 9.17) is 9.84 Å². The number of carbonyl (C=O) groups excluding carboxylic acids is 2. The lowest BCUT2D eigenvalue weighted by molar-refractivity contribution is -0.177. The molecule has 0 aromatic rings. The summed E-state index contributed by atoms with van der Waals surface area (Å²) in [6.45, 7) is 2.71. The standard InChI is InChI=1S/C12H22O7/c1-3-4-7(2)12(18)19-11(9(16)6-14)10(17)8(15)5-13/h6-11,13,15-17H,3-5H2,1-2H3/t7?,8-,9+,10-,11-/m1/s1. The van der Waals surface area contributed by atoms with E-state index < -0.39 is 42.9 Å². The number of aliphatic hydroxyl groups excluding tert-OH is 4. The number of aldehydes is 1. The molecule has 0 rings (SSSR count). The second-order valence-corrected chi connectivity index (χ2v) is 4.46. The molecule has 4 N–H and O–H groups in total. The zero-order chi connectivity index (χ0) is 15.0. The summed E-state index contributed by atoms with van der Waals surface area (Å²) < 4.78 is 4.86. The van der Waals surface area contributed by atoms with Crippen molar-refractivity contribution in [3.63, 3.8) is 0 Å². The summed E-state index contributed by atoms with van der Waals surface area (Å²) in [5, 5.41) is 37.0. The molecule has 0 aliphatic carbocycles. The van der Waals surface area contributed by atoms with E-state index in [0.717, 1.165) is 6.42 Å². The van der Waals surface area contributed by atoms with Gasteiger partial charge in [0.25, 0.3) is 0 Å². The quantitative estimate of drug-likeness (QED) is 0.302. The average Bonchev–Trinajstić information content (AvgIpc) is 2.42. The van der Waals surface area contributed by atoms with Gasteiger partial charge in [-0.1, -0.05) is 20.3 Å². The fourth-order valence-corrected chi connectivity index (χ4v) is 1.55. The summed E-state index contributed by atoms with van der Waals surface area (Å²) in [6, 6.07) is 0. The first-order valence-corrected chi connectivity index (χ1v) is 6.19. The highest BCUT2D eigenvalue weighted by atomic mass is 16.6. The van der Waals surface area contributed by atoms with Gasteiger partial charge in [0, 0.05) is 0 Å². The maximum atomic E-state index is 11.7. The molecule has 112 valence electrons. The van der Waals surface area contributed by atoms with Crippen LogP contribution in [0.25, 0.3) is 0 Å². The second-order valence-electron chi connectivity index (χ2n) is 4.46. The Hall–Kier alpha value is -1.02. The average molecular weight is 278 g/mol. The van der Waals surface area contributed by atoms with Gasteiger partial charge in [-0.25, -0.2) is 0 Å². The second kappa shape index (κ2) is 8.98. The number of hydrogen-bond donors (Lipinski definition) is 4. The lowest BCUT2D eigenvalue weighted by atomic mass is 10.0. The van der Waals surface area contributed by atoms with E-state index in [9.17, 15) is 24.9 Å². The van der Waals surface area contributed by atoms with Crippen LogP contribution in [0.5, 0.6) is 0 Å². The summed E-state index contributed by atoms with van der Waals surface area (Å²) in [4.78, 5) is 22.2. The molecule has 0 fully saturated rings. The summed E-state index contributed by atoms with van der Waals surface area (Å²) >= 11 is 0. The Morgan fingerprint density at radius 3 is 2.32 bits per heavy atom. The van der Waals surface area contributed by atoms with Gasteiger partial charge in [-0.05, 0) is 6.42 Å². The highest BCUT2D eigenvalue weighted by Gasteiger charge is 2.35. The summed E-state index contributed by atoms with van der Waals surface area (Å²) in [6.07, 6.45) is -5.34. The first-order valence-electron chi connectivity index (χ1n) is 6.19.